The number of benzene rings is 1. The lowest BCUT2D eigenvalue weighted by Gasteiger charge is -2.11. The van der Waals surface area contributed by atoms with Gasteiger partial charge in [-0.2, -0.15) is 0 Å². The Bertz CT molecular complexity index is 532. The minimum Gasteiger partial charge on any atom is -0.396 e. The van der Waals surface area contributed by atoms with Crippen LogP contribution < -0.4 is 10.5 Å². The van der Waals surface area contributed by atoms with Crippen molar-refractivity contribution in [2.45, 2.75) is 4.90 Å². The van der Waals surface area contributed by atoms with Crippen LogP contribution in [-0.2, 0) is 10.0 Å². The van der Waals surface area contributed by atoms with Crippen molar-refractivity contribution in [2.75, 3.05) is 32.9 Å². The first kappa shape index (κ1) is 14.8. The quantitative estimate of drug-likeness (QED) is 0.764. The zero-order valence-corrected chi connectivity index (χ0v) is 10.9. The number of halogens is 2. The van der Waals surface area contributed by atoms with Crippen LogP contribution in [0.15, 0.2) is 17.0 Å². The van der Waals surface area contributed by atoms with Crippen molar-refractivity contribution in [3.05, 3.63) is 23.8 Å². The molecule has 0 amide bonds. The van der Waals surface area contributed by atoms with Gasteiger partial charge >= 0.3 is 0 Å². The van der Waals surface area contributed by atoms with Crippen LogP contribution in [0.25, 0.3) is 0 Å². The van der Waals surface area contributed by atoms with E-state index in [2.05, 4.69) is 4.72 Å². The molecule has 0 aliphatic heterocycles. The predicted octanol–water partition coefficient (Wildman–Crippen LogP) is 0.387. The zero-order chi connectivity index (χ0) is 13.9. The van der Waals surface area contributed by atoms with E-state index < -0.39 is 32.2 Å². The Balaban J connectivity index is 2.95. The minimum atomic E-state index is -4.02. The summed E-state index contributed by atoms with van der Waals surface area (Å²) in [6.07, 6.45) is 0. The van der Waals surface area contributed by atoms with Gasteiger partial charge in [-0.25, -0.2) is 21.9 Å². The fraction of sp³-hybridized carbons (Fsp3) is 0.400. The Morgan fingerprint density at radius 3 is 2.44 bits per heavy atom. The van der Waals surface area contributed by atoms with E-state index >= 15 is 0 Å². The van der Waals surface area contributed by atoms with Crippen LogP contribution in [0.2, 0.25) is 0 Å². The number of hydrogen-bond acceptors (Lipinski definition) is 4. The smallest absolute Gasteiger partial charge is 0.243 e. The Labute approximate surface area is 105 Å². The molecule has 0 spiro atoms. The molecular formula is C10H15F2N3O2S. The third kappa shape index (κ3) is 3.62. The Kier molecular flexibility index (Phi) is 4.60. The molecule has 0 unspecified atom stereocenters. The van der Waals surface area contributed by atoms with E-state index in [0.29, 0.717) is 12.6 Å². The average molecular weight is 279 g/mol. The van der Waals surface area contributed by atoms with Gasteiger partial charge in [0.05, 0.1) is 5.69 Å². The topological polar surface area (TPSA) is 75.4 Å². The number of likely N-dealkylation sites (N-methyl/N-ethyl adjacent to an activating group) is 1. The molecule has 1 aromatic carbocycles. The first-order valence-corrected chi connectivity index (χ1v) is 6.61. The highest BCUT2D eigenvalue weighted by atomic mass is 32.2. The highest BCUT2D eigenvalue weighted by Crippen LogP contribution is 2.20. The van der Waals surface area contributed by atoms with Crippen LogP contribution in [0.3, 0.4) is 0 Å². The maximum absolute atomic E-state index is 13.4. The molecule has 0 heterocycles. The lowest BCUT2D eigenvalue weighted by atomic mass is 10.3. The fourth-order valence-corrected chi connectivity index (χ4v) is 2.35. The van der Waals surface area contributed by atoms with Gasteiger partial charge in [-0.1, -0.05) is 0 Å². The summed E-state index contributed by atoms with van der Waals surface area (Å²) >= 11 is 0. The summed E-state index contributed by atoms with van der Waals surface area (Å²) < 4.78 is 52.0. The van der Waals surface area contributed by atoms with Gasteiger partial charge in [-0.05, 0) is 20.2 Å². The normalized spacial score (nSPS) is 12.1. The molecule has 0 aromatic heterocycles. The van der Waals surface area contributed by atoms with Crippen LogP contribution >= 0.6 is 0 Å². The monoisotopic (exact) mass is 279 g/mol. The van der Waals surface area contributed by atoms with E-state index in [4.69, 9.17) is 5.73 Å². The molecule has 0 radical (unpaired) electrons. The SMILES string of the molecule is CN(C)CCNS(=O)(=O)c1cc(N)c(F)cc1F. The molecule has 3 N–H and O–H groups in total. The van der Waals surface area contributed by atoms with E-state index in [1.807, 2.05) is 0 Å². The molecule has 0 aliphatic rings. The van der Waals surface area contributed by atoms with Gasteiger partial charge in [0.1, 0.15) is 16.5 Å². The fourth-order valence-electron chi connectivity index (χ4n) is 1.23. The number of rotatable bonds is 5. The number of anilines is 1. The molecule has 0 fully saturated rings. The third-order valence-corrected chi connectivity index (χ3v) is 3.67. The molecule has 0 atom stereocenters. The zero-order valence-electron chi connectivity index (χ0n) is 10.1. The number of nitrogens with one attached hydrogen (secondary N) is 1. The van der Waals surface area contributed by atoms with Crippen LogP contribution in [0.5, 0.6) is 0 Å². The number of sulfonamides is 1. The van der Waals surface area contributed by atoms with Crippen LogP contribution in [-0.4, -0.2) is 40.5 Å². The van der Waals surface area contributed by atoms with Crippen molar-refractivity contribution in [3.63, 3.8) is 0 Å². The van der Waals surface area contributed by atoms with Crippen molar-refractivity contribution in [1.82, 2.24) is 9.62 Å². The molecule has 8 heteroatoms. The summed E-state index contributed by atoms with van der Waals surface area (Å²) in [5.41, 5.74) is 4.81. The van der Waals surface area contributed by atoms with Crippen molar-refractivity contribution in [2.24, 2.45) is 0 Å². The maximum Gasteiger partial charge on any atom is 0.243 e. The number of hydrogen-bond donors (Lipinski definition) is 2. The Hall–Kier alpha value is -1.25. The van der Waals surface area contributed by atoms with Crippen molar-refractivity contribution < 1.29 is 17.2 Å². The largest absolute Gasteiger partial charge is 0.396 e. The van der Waals surface area contributed by atoms with Gasteiger partial charge in [0.2, 0.25) is 10.0 Å². The predicted molar refractivity (Wildman–Crippen MR) is 64.5 cm³/mol. The third-order valence-electron chi connectivity index (χ3n) is 2.19. The summed E-state index contributed by atoms with van der Waals surface area (Å²) in [5, 5.41) is 0. The van der Waals surface area contributed by atoms with E-state index in [0.717, 1.165) is 6.07 Å². The van der Waals surface area contributed by atoms with Gasteiger partial charge in [0.15, 0.2) is 0 Å². The molecule has 0 aliphatic carbocycles. The van der Waals surface area contributed by atoms with Crippen molar-refractivity contribution in [3.8, 4) is 0 Å². The second kappa shape index (κ2) is 5.59. The van der Waals surface area contributed by atoms with E-state index in [9.17, 15) is 17.2 Å². The van der Waals surface area contributed by atoms with Crippen LogP contribution in [0, 0.1) is 11.6 Å². The highest BCUT2D eigenvalue weighted by molar-refractivity contribution is 7.89. The number of nitrogens with zero attached hydrogens (tertiary/aromatic N) is 1. The van der Waals surface area contributed by atoms with Crippen molar-refractivity contribution >= 4 is 15.7 Å². The van der Waals surface area contributed by atoms with Gasteiger partial charge < -0.3 is 10.6 Å². The first-order chi connectivity index (χ1) is 8.24. The second-order valence-electron chi connectivity index (χ2n) is 4.01. The molecular weight excluding hydrogens is 264 g/mol. The van der Waals surface area contributed by atoms with Crippen LogP contribution in [0.1, 0.15) is 0 Å². The number of nitrogen functional groups attached to an aromatic ring is 1. The van der Waals surface area contributed by atoms with E-state index in [1.54, 1.807) is 19.0 Å². The second-order valence-corrected chi connectivity index (χ2v) is 5.74. The summed E-state index contributed by atoms with van der Waals surface area (Å²) in [6.45, 7) is 0.573. The van der Waals surface area contributed by atoms with Crippen LogP contribution in [0.4, 0.5) is 14.5 Å². The summed E-state index contributed by atoms with van der Waals surface area (Å²) in [4.78, 5) is 1.11. The minimum absolute atomic E-state index is 0.117. The van der Waals surface area contributed by atoms with Gasteiger partial charge in [0.25, 0.3) is 0 Å². The average Bonchev–Trinajstić information content (AvgIpc) is 2.22. The van der Waals surface area contributed by atoms with E-state index in [-0.39, 0.29) is 6.54 Å². The lowest BCUT2D eigenvalue weighted by molar-refractivity contribution is 0.412. The summed E-state index contributed by atoms with van der Waals surface area (Å²) in [5.74, 6) is -2.15. The lowest BCUT2D eigenvalue weighted by Crippen LogP contribution is -2.32. The van der Waals surface area contributed by atoms with Gasteiger partial charge in [-0.15, -0.1) is 0 Å². The van der Waals surface area contributed by atoms with E-state index in [1.165, 1.54) is 0 Å². The summed E-state index contributed by atoms with van der Waals surface area (Å²) in [7, 11) is -0.487. The maximum atomic E-state index is 13.4. The molecule has 0 saturated heterocycles. The van der Waals surface area contributed by atoms with Gasteiger partial charge in [0, 0.05) is 19.2 Å². The van der Waals surface area contributed by atoms with Crippen molar-refractivity contribution in [1.29, 1.82) is 0 Å². The molecule has 102 valence electrons. The molecule has 1 aromatic rings. The molecule has 5 nitrogen and oxygen atoms in total. The van der Waals surface area contributed by atoms with Gasteiger partial charge in [-0.3, -0.25) is 0 Å². The first-order valence-electron chi connectivity index (χ1n) is 5.13. The summed E-state index contributed by atoms with van der Waals surface area (Å²) in [6, 6.07) is 1.22. The molecule has 1 rings (SSSR count). The molecule has 0 bridgehead atoms. The molecule has 0 saturated carbocycles. The number of nitrogens with two attached hydrogens (primary N) is 1. The Morgan fingerprint density at radius 2 is 1.89 bits per heavy atom. The standard InChI is InChI=1S/C10H15F2N3O2S/c1-15(2)4-3-14-18(16,17)10-6-9(13)7(11)5-8(10)12/h5-6,14H,3-4,13H2,1-2H3. The highest BCUT2D eigenvalue weighted by Gasteiger charge is 2.20. The Morgan fingerprint density at radius 1 is 1.28 bits per heavy atom. The molecule has 18 heavy (non-hydrogen) atoms.